The van der Waals surface area contributed by atoms with E-state index < -0.39 is 5.82 Å². The molecule has 1 saturated heterocycles. The molecule has 7 heteroatoms. The standard InChI is InChI=1S/C20H24ClFN4O/c1-10-8-26-15(9-23(10)4)12(3)24(5)19-18(26)13-7-14(21)11(2)16(22)17(13)25(6)20(19)27/h7,10,15H,3,8-9H2,1-2,4-6H3. The number of benzene rings is 1. The molecule has 0 spiro atoms. The van der Waals surface area contributed by atoms with E-state index >= 15 is 4.39 Å². The second-order valence-electron chi connectivity index (χ2n) is 7.76. The number of anilines is 2. The summed E-state index contributed by atoms with van der Waals surface area (Å²) in [6, 6.07) is 2.12. The topological polar surface area (TPSA) is 31.7 Å². The van der Waals surface area contributed by atoms with Crippen molar-refractivity contribution in [3.8, 4) is 0 Å². The van der Waals surface area contributed by atoms with Gasteiger partial charge in [0.2, 0.25) is 0 Å². The van der Waals surface area contributed by atoms with Crippen LogP contribution in [0.2, 0.25) is 5.02 Å². The molecule has 5 nitrogen and oxygen atoms in total. The Balaban J connectivity index is 2.14. The Morgan fingerprint density at radius 1 is 1.22 bits per heavy atom. The summed E-state index contributed by atoms with van der Waals surface area (Å²) in [5.41, 5.74) is 2.59. The van der Waals surface area contributed by atoms with Crippen LogP contribution in [0.3, 0.4) is 0 Å². The molecular formula is C20H24ClFN4O. The van der Waals surface area contributed by atoms with E-state index in [1.165, 1.54) is 4.57 Å². The highest BCUT2D eigenvalue weighted by molar-refractivity contribution is 6.32. The van der Waals surface area contributed by atoms with Gasteiger partial charge in [0.05, 0.1) is 17.2 Å². The van der Waals surface area contributed by atoms with Crippen LogP contribution in [0.1, 0.15) is 12.5 Å². The largest absolute Gasteiger partial charge is 0.358 e. The first kappa shape index (κ1) is 18.3. The average Bonchev–Trinajstić information content (AvgIpc) is 2.62. The Bertz CT molecular complexity index is 1050. The number of piperazine rings is 1. The summed E-state index contributed by atoms with van der Waals surface area (Å²) in [6.07, 6.45) is 0. The van der Waals surface area contributed by atoms with E-state index in [9.17, 15) is 4.79 Å². The van der Waals surface area contributed by atoms with E-state index in [0.717, 1.165) is 24.5 Å². The van der Waals surface area contributed by atoms with Gasteiger partial charge in [0.25, 0.3) is 5.56 Å². The van der Waals surface area contributed by atoms with Gasteiger partial charge >= 0.3 is 0 Å². The highest BCUT2D eigenvalue weighted by Crippen LogP contribution is 2.44. The summed E-state index contributed by atoms with van der Waals surface area (Å²) < 4.78 is 16.5. The third-order valence-corrected chi connectivity index (χ3v) is 6.62. The first-order valence-electron chi connectivity index (χ1n) is 9.05. The van der Waals surface area contributed by atoms with Gasteiger partial charge in [0.1, 0.15) is 5.69 Å². The van der Waals surface area contributed by atoms with E-state index in [1.54, 1.807) is 20.0 Å². The van der Waals surface area contributed by atoms with Crippen molar-refractivity contribution < 1.29 is 4.39 Å². The number of pyridine rings is 1. The van der Waals surface area contributed by atoms with Gasteiger partial charge in [-0.3, -0.25) is 9.69 Å². The molecule has 0 radical (unpaired) electrons. The number of hydrogen-bond donors (Lipinski definition) is 0. The van der Waals surface area contributed by atoms with Crippen LogP contribution in [0.4, 0.5) is 15.8 Å². The lowest BCUT2D eigenvalue weighted by Crippen LogP contribution is -2.61. The molecular weight excluding hydrogens is 367 g/mol. The molecule has 1 aromatic carbocycles. The molecule has 0 amide bonds. The molecule has 0 aliphatic carbocycles. The van der Waals surface area contributed by atoms with E-state index in [0.29, 0.717) is 33.2 Å². The summed E-state index contributed by atoms with van der Waals surface area (Å²) >= 11 is 6.33. The normalized spacial score (nSPS) is 23.0. The molecule has 2 aromatic rings. The second kappa shape index (κ2) is 5.97. The fourth-order valence-electron chi connectivity index (χ4n) is 4.30. The van der Waals surface area contributed by atoms with Gasteiger partial charge in [0, 0.05) is 54.9 Å². The molecule has 0 bridgehead atoms. The van der Waals surface area contributed by atoms with Gasteiger partial charge < -0.3 is 14.4 Å². The Morgan fingerprint density at radius 2 is 1.89 bits per heavy atom. The van der Waals surface area contributed by atoms with Gasteiger partial charge in [0.15, 0.2) is 5.82 Å². The first-order chi connectivity index (χ1) is 12.6. The highest BCUT2D eigenvalue weighted by Gasteiger charge is 2.41. The summed E-state index contributed by atoms with van der Waals surface area (Å²) in [6.45, 7) is 9.56. The van der Waals surface area contributed by atoms with Crippen LogP contribution in [0.15, 0.2) is 23.1 Å². The number of aromatic nitrogens is 1. The Hall–Kier alpha value is -2.05. The summed E-state index contributed by atoms with van der Waals surface area (Å²) in [4.78, 5) is 19.5. The molecule has 2 aliphatic rings. The number of likely N-dealkylation sites (N-methyl/N-ethyl adjacent to an activating group) is 2. The maximum atomic E-state index is 15.1. The van der Waals surface area contributed by atoms with E-state index in [4.69, 9.17) is 11.6 Å². The molecule has 2 aliphatic heterocycles. The highest BCUT2D eigenvalue weighted by atomic mass is 35.5. The van der Waals surface area contributed by atoms with Crippen LogP contribution >= 0.6 is 11.6 Å². The molecule has 0 saturated carbocycles. The molecule has 4 rings (SSSR count). The number of nitrogens with zero attached hydrogens (tertiary/aromatic N) is 4. The Labute approximate surface area is 163 Å². The van der Waals surface area contributed by atoms with Crippen molar-refractivity contribution in [2.75, 3.05) is 37.0 Å². The maximum Gasteiger partial charge on any atom is 0.276 e. The smallest absolute Gasteiger partial charge is 0.276 e. The molecule has 1 fully saturated rings. The third kappa shape index (κ3) is 2.36. The minimum absolute atomic E-state index is 0.0298. The predicted molar refractivity (Wildman–Crippen MR) is 110 cm³/mol. The van der Waals surface area contributed by atoms with Crippen LogP contribution in [0.5, 0.6) is 0 Å². The van der Waals surface area contributed by atoms with E-state index in [1.807, 2.05) is 11.9 Å². The minimum atomic E-state index is -0.439. The molecule has 0 N–H and O–H groups in total. The number of fused-ring (bicyclic) bond motifs is 5. The zero-order valence-corrected chi connectivity index (χ0v) is 17.1. The lowest BCUT2D eigenvalue weighted by atomic mass is 9.96. The summed E-state index contributed by atoms with van der Waals surface area (Å²) in [5, 5.41) is 1.04. The predicted octanol–water partition coefficient (Wildman–Crippen LogP) is 3.11. The van der Waals surface area contributed by atoms with Gasteiger partial charge in [-0.2, -0.15) is 0 Å². The molecule has 3 heterocycles. The van der Waals surface area contributed by atoms with Crippen molar-refractivity contribution in [3.05, 3.63) is 45.1 Å². The fraction of sp³-hybridized carbons (Fsp3) is 0.450. The van der Waals surface area contributed by atoms with Crippen molar-refractivity contribution in [1.82, 2.24) is 9.47 Å². The quantitative estimate of drug-likeness (QED) is 0.691. The third-order valence-electron chi connectivity index (χ3n) is 6.23. The van der Waals surface area contributed by atoms with Gasteiger partial charge in [-0.25, -0.2) is 4.39 Å². The van der Waals surface area contributed by atoms with Gasteiger partial charge in [-0.15, -0.1) is 0 Å². The summed E-state index contributed by atoms with van der Waals surface area (Å²) in [5.74, 6) is -0.439. The lowest BCUT2D eigenvalue weighted by molar-refractivity contribution is 0.208. The number of rotatable bonds is 0. The van der Waals surface area contributed by atoms with Crippen molar-refractivity contribution >= 4 is 33.9 Å². The van der Waals surface area contributed by atoms with Crippen LogP contribution in [-0.2, 0) is 7.05 Å². The van der Waals surface area contributed by atoms with Crippen LogP contribution < -0.4 is 15.4 Å². The maximum absolute atomic E-state index is 15.1. The Kier molecular flexibility index (Phi) is 4.05. The number of hydrogen-bond acceptors (Lipinski definition) is 4. The van der Waals surface area contributed by atoms with Crippen LogP contribution in [0, 0.1) is 12.7 Å². The van der Waals surface area contributed by atoms with E-state index in [2.05, 4.69) is 30.4 Å². The first-order valence-corrected chi connectivity index (χ1v) is 9.43. The van der Waals surface area contributed by atoms with Crippen molar-refractivity contribution in [1.29, 1.82) is 0 Å². The summed E-state index contributed by atoms with van der Waals surface area (Å²) in [7, 11) is 5.55. The molecule has 144 valence electrons. The zero-order chi connectivity index (χ0) is 19.8. The number of halogens is 2. The zero-order valence-electron chi connectivity index (χ0n) is 16.3. The van der Waals surface area contributed by atoms with Crippen molar-refractivity contribution in [2.45, 2.75) is 25.9 Å². The van der Waals surface area contributed by atoms with Crippen molar-refractivity contribution in [3.63, 3.8) is 0 Å². The molecule has 2 unspecified atom stereocenters. The Morgan fingerprint density at radius 3 is 2.56 bits per heavy atom. The average molecular weight is 391 g/mol. The molecule has 27 heavy (non-hydrogen) atoms. The number of aryl methyl sites for hydroxylation is 1. The minimum Gasteiger partial charge on any atom is -0.358 e. The van der Waals surface area contributed by atoms with Crippen molar-refractivity contribution in [2.24, 2.45) is 7.05 Å². The van der Waals surface area contributed by atoms with Gasteiger partial charge in [-0.1, -0.05) is 18.2 Å². The fourth-order valence-corrected chi connectivity index (χ4v) is 4.49. The lowest BCUT2D eigenvalue weighted by Gasteiger charge is -2.51. The van der Waals surface area contributed by atoms with Gasteiger partial charge in [-0.05, 0) is 27.0 Å². The SMILES string of the molecule is C=C1C2CN(C)C(C)CN2c2c(c(=O)n(C)c3c(F)c(C)c(Cl)cc23)N1C. The molecule has 2 atom stereocenters. The molecule has 1 aromatic heterocycles. The van der Waals surface area contributed by atoms with E-state index in [-0.39, 0.29) is 11.6 Å². The van der Waals surface area contributed by atoms with Crippen LogP contribution in [0.25, 0.3) is 10.9 Å². The van der Waals surface area contributed by atoms with Crippen LogP contribution in [-0.4, -0.2) is 48.7 Å². The monoisotopic (exact) mass is 390 g/mol. The second-order valence-corrected chi connectivity index (χ2v) is 8.17.